The van der Waals surface area contributed by atoms with Gasteiger partial charge in [0.05, 0.1) is 24.0 Å². The molecule has 2 aromatic heterocycles. The maximum absolute atomic E-state index is 13.0. The van der Waals surface area contributed by atoms with Gasteiger partial charge in [0.1, 0.15) is 30.1 Å². The lowest BCUT2D eigenvalue weighted by molar-refractivity contribution is -0.113. The van der Waals surface area contributed by atoms with Crippen molar-refractivity contribution in [3.05, 3.63) is 52.7 Å². The molecule has 1 atom stereocenters. The molecule has 184 valence electrons. The number of nitrogens with one attached hydrogen (secondary N) is 1. The second-order valence-corrected chi connectivity index (χ2v) is 9.08. The van der Waals surface area contributed by atoms with Gasteiger partial charge in [-0.2, -0.15) is 5.26 Å². The number of rotatable bonds is 9. The zero-order valence-electron chi connectivity index (χ0n) is 19.5. The van der Waals surface area contributed by atoms with E-state index in [2.05, 4.69) is 21.6 Å². The second kappa shape index (κ2) is 10.8. The average Bonchev–Trinajstić information content (AvgIpc) is 3.54. The summed E-state index contributed by atoms with van der Waals surface area (Å²) in [6, 6.07) is 7.79. The van der Waals surface area contributed by atoms with Crippen LogP contribution >= 0.6 is 11.8 Å². The van der Waals surface area contributed by atoms with Crippen LogP contribution in [0.4, 0.5) is 10.2 Å². The van der Waals surface area contributed by atoms with E-state index in [0.717, 1.165) is 42.5 Å². The third-order valence-corrected chi connectivity index (χ3v) is 6.80. The number of thioether (sulfide) groups is 1. The maximum Gasteiger partial charge on any atom is 0.235 e. The first-order valence-corrected chi connectivity index (χ1v) is 12.1. The van der Waals surface area contributed by atoms with Gasteiger partial charge in [0.25, 0.3) is 0 Å². The van der Waals surface area contributed by atoms with Gasteiger partial charge in [0.2, 0.25) is 11.1 Å². The molecule has 0 radical (unpaired) electrons. The standard InChI is InChI=1S/C23H26FN7O3S/c1-14-15(2)30(11-18-4-3-9-33-18)22(19(14)10-25)27-21(32)13-35-23-29-28-20(31(23)26)12-34-17-7-5-16(24)6-8-17/h5-8,18H,3-4,9,11-13,26H2,1-2H3,(H,27,32). The number of amides is 1. The minimum absolute atomic E-state index is 0.0161. The molecule has 1 aromatic carbocycles. The number of halogens is 1. The lowest BCUT2D eigenvalue weighted by Crippen LogP contribution is -2.22. The molecule has 10 nitrogen and oxygen atoms in total. The smallest absolute Gasteiger partial charge is 0.235 e. The van der Waals surface area contributed by atoms with Gasteiger partial charge >= 0.3 is 0 Å². The van der Waals surface area contributed by atoms with Gasteiger partial charge in [-0.15, -0.1) is 10.2 Å². The number of carbonyl (C=O) groups excluding carboxylic acids is 1. The summed E-state index contributed by atoms with van der Waals surface area (Å²) in [6.45, 7) is 5.14. The molecule has 3 heterocycles. The third kappa shape index (κ3) is 5.58. The third-order valence-electron chi connectivity index (χ3n) is 5.86. The van der Waals surface area contributed by atoms with Crippen LogP contribution in [0, 0.1) is 31.0 Å². The molecule has 1 aliphatic heterocycles. The van der Waals surface area contributed by atoms with Crippen molar-refractivity contribution in [2.24, 2.45) is 0 Å². The van der Waals surface area contributed by atoms with Crippen molar-refractivity contribution in [2.45, 2.75) is 51.1 Å². The fourth-order valence-corrected chi connectivity index (χ4v) is 4.51. The van der Waals surface area contributed by atoms with E-state index in [0.29, 0.717) is 34.7 Å². The molecule has 0 aliphatic carbocycles. The fourth-order valence-electron chi connectivity index (χ4n) is 3.83. The van der Waals surface area contributed by atoms with Crippen LogP contribution in [0.1, 0.15) is 35.5 Å². The zero-order valence-corrected chi connectivity index (χ0v) is 20.3. The molecule has 1 unspecified atom stereocenters. The number of hydrogen-bond donors (Lipinski definition) is 2. The van der Waals surface area contributed by atoms with Gasteiger partial charge in [-0.3, -0.25) is 4.79 Å². The zero-order chi connectivity index (χ0) is 24.9. The Hall–Kier alpha value is -3.56. The fraction of sp³-hybridized carbons (Fsp3) is 0.391. The number of hydrogen-bond acceptors (Lipinski definition) is 8. The topological polar surface area (TPSA) is 133 Å². The van der Waals surface area contributed by atoms with Crippen molar-refractivity contribution >= 4 is 23.5 Å². The van der Waals surface area contributed by atoms with E-state index >= 15 is 0 Å². The Morgan fingerprint density at radius 1 is 1.37 bits per heavy atom. The minimum Gasteiger partial charge on any atom is -0.486 e. The van der Waals surface area contributed by atoms with Crippen molar-refractivity contribution in [3.8, 4) is 11.8 Å². The Labute approximate surface area is 206 Å². The number of anilines is 1. The lowest BCUT2D eigenvalue weighted by atomic mass is 10.2. The Balaban J connectivity index is 1.38. The Morgan fingerprint density at radius 3 is 2.83 bits per heavy atom. The monoisotopic (exact) mass is 499 g/mol. The van der Waals surface area contributed by atoms with Crippen molar-refractivity contribution < 1.29 is 18.7 Å². The largest absolute Gasteiger partial charge is 0.486 e. The molecular formula is C23H26FN7O3S. The van der Waals surface area contributed by atoms with Gasteiger partial charge < -0.3 is 25.2 Å². The van der Waals surface area contributed by atoms with Gasteiger partial charge in [-0.25, -0.2) is 9.07 Å². The Morgan fingerprint density at radius 2 is 2.14 bits per heavy atom. The van der Waals surface area contributed by atoms with E-state index < -0.39 is 0 Å². The minimum atomic E-state index is -0.359. The number of aromatic nitrogens is 4. The summed E-state index contributed by atoms with van der Waals surface area (Å²) in [5.74, 6) is 6.70. The molecule has 1 saturated heterocycles. The molecule has 3 aromatic rings. The highest BCUT2D eigenvalue weighted by atomic mass is 32.2. The van der Waals surface area contributed by atoms with Crippen LogP contribution in [0.25, 0.3) is 0 Å². The number of nitrogens with two attached hydrogens (primary N) is 1. The second-order valence-electron chi connectivity index (χ2n) is 8.14. The van der Waals surface area contributed by atoms with E-state index in [9.17, 15) is 14.4 Å². The molecule has 0 bridgehead atoms. The highest BCUT2D eigenvalue weighted by molar-refractivity contribution is 7.99. The number of benzene rings is 1. The van der Waals surface area contributed by atoms with E-state index in [-0.39, 0.29) is 30.2 Å². The molecular weight excluding hydrogens is 473 g/mol. The molecule has 3 N–H and O–H groups in total. The number of nitriles is 1. The molecule has 0 saturated carbocycles. The first-order chi connectivity index (χ1) is 16.9. The Kier molecular flexibility index (Phi) is 7.57. The summed E-state index contributed by atoms with van der Waals surface area (Å²) in [6.07, 6.45) is 2.01. The summed E-state index contributed by atoms with van der Waals surface area (Å²) in [7, 11) is 0. The Bertz CT molecular complexity index is 1240. The van der Waals surface area contributed by atoms with Crippen molar-refractivity contribution in [2.75, 3.05) is 23.5 Å². The molecule has 12 heteroatoms. The quantitative estimate of drug-likeness (QED) is 0.339. The molecule has 35 heavy (non-hydrogen) atoms. The van der Waals surface area contributed by atoms with Crippen molar-refractivity contribution in [1.29, 1.82) is 5.26 Å². The first-order valence-electron chi connectivity index (χ1n) is 11.1. The number of nitrogens with zero attached hydrogens (tertiary/aromatic N) is 5. The summed E-state index contributed by atoms with van der Waals surface area (Å²) < 4.78 is 27.5. The molecule has 0 spiro atoms. The van der Waals surface area contributed by atoms with E-state index in [4.69, 9.17) is 15.3 Å². The highest BCUT2D eigenvalue weighted by Gasteiger charge is 2.24. The van der Waals surface area contributed by atoms with Crippen LogP contribution < -0.4 is 15.9 Å². The highest BCUT2D eigenvalue weighted by Crippen LogP contribution is 2.29. The van der Waals surface area contributed by atoms with Crippen LogP contribution in [0.15, 0.2) is 29.4 Å². The summed E-state index contributed by atoms with van der Waals surface area (Å²) in [5.41, 5.74) is 2.20. The van der Waals surface area contributed by atoms with Crippen LogP contribution in [0.3, 0.4) is 0 Å². The number of carbonyl (C=O) groups is 1. The molecule has 1 fully saturated rings. The van der Waals surface area contributed by atoms with Gasteiger partial charge in [0, 0.05) is 12.3 Å². The summed E-state index contributed by atoms with van der Waals surface area (Å²) in [4.78, 5) is 12.8. The summed E-state index contributed by atoms with van der Waals surface area (Å²) in [5, 5.41) is 20.9. The summed E-state index contributed by atoms with van der Waals surface area (Å²) >= 11 is 1.11. The van der Waals surface area contributed by atoms with Crippen LogP contribution in [0.2, 0.25) is 0 Å². The van der Waals surface area contributed by atoms with Crippen LogP contribution in [0.5, 0.6) is 5.75 Å². The molecule has 1 amide bonds. The predicted octanol–water partition coefficient (Wildman–Crippen LogP) is 2.91. The van der Waals surface area contributed by atoms with E-state index in [1.165, 1.54) is 28.9 Å². The predicted molar refractivity (Wildman–Crippen MR) is 128 cm³/mol. The van der Waals surface area contributed by atoms with Crippen LogP contribution in [-0.4, -0.2) is 43.8 Å². The van der Waals surface area contributed by atoms with Crippen molar-refractivity contribution in [3.63, 3.8) is 0 Å². The SMILES string of the molecule is Cc1c(C#N)c(NC(=O)CSc2nnc(COc3ccc(F)cc3)n2N)n(CC2CCCO2)c1C. The van der Waals surface area contributed by atoms with Crippen LogP contribution in [-0.2, 0) is 22.7 Å². The number of ether oxygens (including phenoxy) is 2. The number of nitrogen functional groups attached to an aromatic ring is 1. The van der Waals surface area contributed by atoms with E-state index in [1.54, 1.807) is 0 Å². The van der Waals surface area contributed by atoms with E-state index in [1.807, 2.05) is 18.4 Å². The van der Waals surface area contributed by atoms with Gasteiger partial charge in [-0.05, 0) is 56.5 Å². The van der Waals surface area contributed by atoms with Gasteiger partial charge in [0.15, 0.2) is 5.82 Å². The molecule has 1 aliphatic rings. The maximum atomic E-state index is 13.0. The van der Waals surface area contributed by atoms with Gasteiger partial charge in [-0.1, -0.05) is 11.8 Å². The first kappa shape index (κ1) is 24.6. The molecule has 4 rings (SSSR count). The van der Waals surface area contributed by atoms with Crippen molar-refractivity contribution in [1.82, 2.24) is 19.4 Å². The average molecular weight is 500 g/mol. The lowest BCUT2D eigenvalue weighted by Gasteiger charge is -2.16. The normalized spacial score (nSPS) is 15.2.